The maximum Gasteiger partial charge on any atom is 0.337 e. The van der Waals surface area contributed by atoms with Crippen molar-refractivity contribution >= 4 is 17.6 Å². The van der Waals surface area contributed by atoms with E-state index in [1.807, 2.05) is 57.2 Å². The molecule has 1 heterocycles. The molecule has 3 rings (SSSR count). The van der Waals surface area contributed by atoms with Gasteiger partial charge in [0.25, 0.3) is 0 Å². The first-order chi connectivity index (χ1) is 14.9. The average Bonchev–Trinajstić information content (AvgIpc) is 2.97. The van der Waals surface area contributed by atoms with Crippen molar-refractivity contribution in [2.24, 2.45) is 0 Å². The van der Waals surface area contributed by atoms with E-state index < -0.39 is 5.97 Å². The molecule has 5 nitrogen and oxygen atoms in total. The summed E-state index contributed by atoms with van der Waals surface area (Å²) in [7, 11) is 0. The zero-order valence-corrected chi connectivity index (χ0v) is 19.0. The zero-order valence-electron chi connectivity index (χ0n) is 18.2. The standard InChI is InChI=1S/C25H29ClN2O3/c1-4-31-22-10-8-19(9-11-22)12-13-27-15-23-17(2)28(18(3)24(23)25(29)30)16-20-6-5-7-21(26)14-20/h5-11,14,27H,4,12-13,15-16H2,1-3H3,(H,29,30). The van der Waals surface area contributed by atoms with Gasteiger partial charge in [-0.25, -0.2) is 4.79 Å². The highest BCUT2D eigenvalue weighted by Crippen LogP contribution is 2.24. The Kier molecular flexibility index (Phi) is 7.77. The van der Waals surface area contributed by atoms with E-state index in [1.54, 1.807) is 0 Å². The van der Waals surface area contributed by atoms with Gasteiger partial charge < -0.3 is 19.7 Å². The lowest BCUT2D eigenvalue weighted by atomic mass is 10.1. The quantitative estimate of drug-likeness (QED) is 0.423. The summed E-state index contributed by atoms with van der Waals surface area (Å²) in [6.45, 7) is 8.32. The van der Waals surface area contributed by atoms with Crippen LogP contribution in [0.1, 0.15) is 45.4 Å². The van der Waals surface area contributed by atoms with E-state index in [-0.39, 0.29) is 0 Å². The van der Waals surface area contributed by atoms with E-state index in [1.165, 1.54) is 5.56 Å². The number of aromatic nitrogens is 1. The number of nitrogens with one attached hydrogen (secondary N) is 1. The fourth-order valence-corrected chi connectivity index (χ4v) is 4.08. The van der Waals surface area contributed by atoms with Gasteiger partial charge in [-0.15, -0.1) is 0 Å². The predicted molar refractivity (Wildman–Crippen MR) is 124 cm³/mol. The Morgan fingerprint density at radius 1 is 1.10 bits per heavy atom. The summed E-state index contributed by atoms with van der Waals surface area (Å²) in [5.74, 6) is -0.0220. The largest absolute Gasteiger partial charge is 0.494 e. The molecule has 0 atom stereocenters. The average molecular weight is 441 g/mol. The second kappa shape index (κ2) is 10.5. The van der Waals surface area contributed by atoms with E-state index in [0.717, 1.165) is 41.2 Å². The first kappa shape index (κ1) is 22.9. The lowest BCUT2D eigenvalue weighted by molar-refractivity contribution is 0.0694. The highest BCUT2D eigenvalue weighted by molar-refractivity contribution is 6.30. The number of halogens is 1. The number of aromatic carboxylic acids is 1. The van der Waals surface area contributed by atoms with Gasteiger partial charge in [0.05, 0.1) is 12.2 Å². The molecule has 2 N–H and O–H groups in total. The Morgan fingerprint density at radius 3 is 2.48 bits per heavy atom. The van der Waals surface area contributed by atoms with Crippen LogP contribution in [-0.4, -0.2) is 28.8 Å². The molecule has 0 spiro atoms. The van der Waals surface area contributed by atoms with E-state index in [4.69, 9.17) is 16.3 Å². The molecule has 0 aliphatic carbocycles. The molecule has 0 radical (unpaired) electrons. The number of carboxylic acid groups (broad SMARTS) is 1. The molecule has 1 aromatic heterocycles. The lowest BCUT2D eigenvalue weighted by Crippen LogP contribution is -2.18. The van der Waals surface area contributed by atoms with Crippen LogP contribution >= 0.6 is 11.6 Å². The van der Waals surface area contributed by atoms with Crippen molar-refractivity contribution in [1.82, 2.24) is 9.88 Å². The van der Waals surface area contributed by atoms with Crippen molar-refractivity contribution < 1.29 is 14.6 Å². The van der Waals surface area contributed by atoms with Crippen LogP contribution in [0.25, 0.3) is 0 Å². The van der Waals surface area contributed by atoms with Crippen molar-refractivity contribution in [1.29, 1.82) is 0 Å². The van der Waals surface area contributed by atoms with Gasteiger partial charge in [-0.1, -0.05) is 35.9 Å². The van der Waals surface area contributed by atoms with E-state index in [0.29, 0.717) is 30.3 Å². The van der Waals surface area contributed by atoms with Gasteiger partial charge in [-0.05, 0) is 69.1 Å². The Bertz CT molecular complexity index is 1040. The van der Waals surface area contributed by atoms with Gasteiger partial charge in [0, 0.05) is 35.1 Å². The molecule has 0 bridgehead atoms. The summed E-state index contributed by atoms with van der Waals surface area (Å²) < 4.78 is 7.53. The first-order valence-corrected chi connectivity index (χ1v) is 10.9. The van der Waals surface area contributed by atoms with Crippen LogP contribution in [0.4, 0.5) is 0 Å². The highest BCUT2D eigenvalue weighted by Gasteiger charge is 2.22. The normalized spacial score (nSPS) is 11.0. The third-order valence-electron chi connectivity index (χ3n) is 5.48. The molecule has 164 valence electrons. The van der Waals surface area contributed by atoms with Crippen LogP contribution in [0.5, 0.6) is 5.75 Å². The molecule has 0 saturated carbocycles. The van der Waals surface area contributed by atoms with Crippen molar-refractivity contribution in [3.05, 3.63) is 87.2 Å². The summed E-state index contributed by atoms with van der Waals surface area (Å²) in [4.78, 5) is 12.0. The number of carbonyl (C=O) groups is 1. The van der Waals surface area contributed by atoms with E-state index in [2.05, 4.69) is 22.0 Å². The molecule has 6 heteroatoms. The maximum atomic E-state index is 12.0. The fourth-order valence-electron chi connectivity index (χ4n) is 3.87. The van der Waals surface area contributed by atoms with Crippen LogP contribution < -0.4 is 10.1 Å². The minimum atomic E-state index is -0.895. The number of hydrogen-bond donors (Lipinski definition) is 2. The fraction of sp³-hybridized carbons (Fsp3) is 0.320. The van der Waals surface area contributed by atoms with Gasteiger partial charge in [0.15, 0.2) is 0 Å². The summed E-state index contributed by atoms with van der Waals surface area (Å²) in [6.07, 6.45) is 0.857. The maximum absolute atomic E-state index is 12.0. The topological polar surface area (TPSA) is 63.5 Å². The SMILES string of the molecule is CCOc1ccc(CCNCc2c(C(=O)O)c(C)n(Cc3cccc(Cl)c3)c2C)cc1. The molecule has 0 aliphatic heterocycles. The number of ether oxygens (including phenoxy) is 1. The molecule has 2 aromatic carbocycles. The summed E-state index contributed by atoms with van der Waals surface area (Å²) in [5, 5.41) is 13.9. The second-order valence-electron chi connectivity index (χ2n) is 7.55. The molecule has 0 saturated heterocycles. The molecular weight excluding hydrogens is 412 g/mol. The van der Waals surface area contributed by atoms with Gasteiger partial charge in [-0.3, -0.25) is 0 Å². The van der Waals surface area contributed by atoms with Gasteiger partial charge in [0.1, 0.15) is 5.75 Å². The molecule has 0 aliphatic rings. The Balaban J connectivity index is 1.69. The first-order valence-electron chi connectivity index (χ1n) is 10.5. The lowest BCUT2D eigenvalue weighted by Gasteiger charge is -2.11. The van der Waals surface area contributed by atoms with Crippen LogP contribution in [-0.2, 0) is 19.5 Å². The number of hydrogen-bond acceptors (Lipinski definition) is 3. The smallest absolute Gasteiger partial charge is 0.337 e. The Labute approximate surface area is 188 Å². The van der Waals surface area contributed by atoms with Gasteiger partial charge in [0.2, 0.25) is 0 Å². The van der Waals surface area contributed by atoms with Crippen LogP contribution in [0.15, 0.2) is 48.5 Å². The summed E-state index contributed by atoms with van der Waals surface area (Å²) >= 11 is 6.12. The monoisotopic (exact) mass is 440 g/mol. The van der Waals surface area contributed by atoms with Crippen molar-refractivity contribution in [2.75, 3.05) is 13.2 Å². The Morgan fingerprint density at radius 2 is 1.84 bits per heavy atom. The van der Waals surface area contributed by atoms with Crippen molar-refractivity contribution in [3.8, 4) is 5.75 Å². The van der Waals surface area contributed by atoms with Crippen LogP contribution in [0.3, 0.4) is 0 Å². The van der Waals surface area contributed by atoms with Gasteiger partial charge >= 0.3 is 5.97 Å². The van der Waals surface area contributed by atoms with Gasteiger partial charge in [-0.2, -0.15) is 0 Å². The summed E-state index contributed by atoms with van der Waals surface area (Å²) in [5.41, 5.74) is 5.19. The number of benzene rings is 2. The minimum Gasteiger partial charge on any atom is -0.494 e. The number of nitrogens with zero attached hydrogens (tertiary/aromatic N) is 1. The zero-order chi connectivity index (χ0) is 22.4. The molecule has 0 unspecified atom stereocenters. The highest BCUT2D eigenvalue weighted by atomic mass is 35.5. The molecule has 0 fully saturated rings. The molecule has 31 heavy (non-hydrogen) atoms. The predicted octanol–water partition coefficient (Wildman–Crippen LogP) is 5.24. The molecular formula is C25H29ClN2O3. The van der Waals surface area contributed by atoms with E-state index >= 15 is 0 Å². The summed E-state index contributed by atoms with van der Waals surface area (Å²) in [6, 6.07) is 15.7. The third-order valence-corrected chi connectivity index (χ3v) is 5.72. The van der Waals surface area contributed by atoms with Crippen LogP contribution in [0, 0.1) is 13.8 Å². The minimum absolute atomic E-state index is 0.382. The van der Waals surface area contributed by atoms with Crippen LogP contribution in [0.2, 0.25) is 5.02 Å². The number of carboxylic acids is 1. The van der Waals surface area contributed by atoms with Crippen molar-refractivity contribution in [2.45, 2.75) is 40.3 Å². The third kappa shape index (κ3) is 5.69. The van der Waals surface area contributed by atoms with Crippen molar-refractivity contribution in [3.63, 3.8) is 0 Å². The second-order valence-corrected chi connectivity index (χ2v) is 7.99. The van der Waals surface area contributed by atoms with E-state index in [9.17, 15) is 9.90 Å². The Hall–Kier alpha value is -2.76. The number of rotatable bonds is 10. The molecule has 0 amide bonds. The molecule has 3 aromatic rings.